The van der Waals surface area contributed by atoms with Gasteiger partial charge in [-0.25, -0.2) is 8.42 Å². The molecular formula is C13H19ClN2O3S. The molecule has 20 heavy (non-hydrogen) atoms. The summed E-state index contributed by atoms with van der Waals surface area (Å²) in [5.41, 5.74) is 6.70. The van der Waals surface area contributed by atoms with Gasteiger partial charge in [-0.1, -0.05) is 6.07 Å². The molecule has 112 valence electrons. The zero-order valence-electron chi connectivity index (χ0n) is 11.3. The van der Waals surface area contributed by atoms with Crippen molar-refractivity contribution in [1.82, 2.24) is 4.90 Å². The fourth-order valence-electron chi connectivity index (χ4n) is 2.43. The summed E-state index contributed by atoms with van der Waals surface area (Å²) >= 11 is 0. The Labute approximate surface area is 125 Å². The summed E-state index contributed by atoms with van der Waals surface area (Å²) in [5, 5.41) is 0. The standard InChI is InChI=1S/C13H18N2O3S.ClH/c1-2-15(12-6-7-19(17,18)9-12)13(16)10-4-3-5-11(14)8-10;/h3-5,8,12H,2,6-7,9,14H2,1H3;1H. The zero-order chi connectivity index (χ0) is 14.0. The minimum absolute atomic E-state index is 0. The molecule has 0 bridgehead atoms. The van der Waals surface area contributed by atoms with Crippen molar-refractivity contribution in [3.63, 3.8) is 0 Å². The first-order chi connectivity index (χ1) is 8.93. The molecule has 1 heterocycles. The second kappa shape index (κ2) is 6.45. The molecule has 7 heteroatoms. The maximum absolute atomic E-state index is 12.4. The van der Waals surface area contributed by atoms with E-state index in [2.05, 4.69) is 0 Å². The van der Waals surface area contributed by atoms with Crippen LogP contribution in [-0.4, -0.2) is 43.3 Å². The Hall–Kier alpha value is -1.27. The van der Waals surface area contributed by atoms with Crippen molar-refractivity contribution >= 4 is 33.8 Å². The number of sulfone groups is 1. The number of amides is 1. The molecule has 1 aliphatic rings. The van der Waals surface area contributed by atoms with E-state index >= 15 is 0 Å². The summed E-state index contributed by atoms with van der Waals surface area (Å²) in [7, 11) is -2.99. The average Bonchev–Trinajstić information content (AvgIpc) is 2.70. The second-order valence-electron chi connectivity index (χ2n) is 4.77. The van der Waals surface area contributed by atoms with E-state index in [1.54, 1.807) is 29.2 Å². The Bertz CT molecular complexity index is 589. The number of carbonyl (C=O) groups excluding carboxylic acids is 1. The summed E-state index contributed by atoms with van der Waals surface area (Å²) in [6.45, 7) is 2.35. The molecule has 0 radical (unpaired) electrons. The van der Waals surface area contributed by atoms with Gasteiger partial charge in [0.05, 0.1) is 11.5 Å². The number of rotatable bonds is 3. The monoisotopic (exact) mass is 318 g/mol. The highest BCUT2D eigenvalue weighted by atomic mass is 35.5. The maximum Gasteiger partial charge on any atom is 0.254 e. The molecule has 0 saturated carbocycles. The number of halogens is 1. The van der Waals surface area contributed by atoms with Crippen LogP contribution < -0.4 is 5.73 Å². The van der Waals surface area contributed by atoms with Crippen LogP contribution in [0.3, 0.4) is 0 Å². The summed E-state index contributed by atoms with van der Waals surface area (Å²) in [6.07, 6.45) is 0.518. The van der Waals surface area contributed by atoms with Crippen molar-refractivity contribution in [1.29, 1.82) is 0 Å². The van der Waals surface area contributed by atoms with Crippen LogP contribution in [-0.2, 0) is 9.84 Å². The lowest BCUT2D eigenvalue weighted by molar-refractivity contribution is 0.0708. The smallest absolute Gasteiger partial charge is 0.254 e. The fourth-order valence-corrected chi connectivity index (χ4v) is 4.16. The number of nitrogens with zero attached hydrogens (tertiary/aromatic N) is 1. The van der Waals surface area contributed by atoms with Gasteiger partial charge in [0, 0.05) is 23.8 Å². The summed E-state index contributed by atoms with van der Waals surface area (Å²) in [6, 6.07) is 6.54. The third kappa shape index (κ3) is 3.64. The molecule has 1 fully saturated rings. The van der Waals surface area contributed by atoms with E-state index < -0.39 is 9.84 Å². The molecular weight excluding hydrogens is 300 g/mol. The molecule has 2 N–H and O–H groups in total. The summed E-state index contributed by atoms with van der Waals surface area (Å²) < 4.78 is 23.0. The number of nitrogen functional groups attached to an aromatic ring is 1. The topological polar surface area (TPSA) is 80.5 Å². The van der Waals surface area contributed by atoms with Crippen LogP contribution in [0.2, 0.25) is 0 Å². The van der Waals surface area contributed by atoms with Gasteiger partial charge in [-0.05, 0) is 31.5 Å². The van der Waals surface area contributed by atoms with Crippen molar-refractivity contribution < 1.29 is 13.2 Å². The number of nitrogens with two attached hydrogens (primary N) is 1. The van der Waals surface area contributed by atoms with Crippen molar-refractivity contribution in [2.45, 2.75) is 19.4 Å². The Morgan fingerprint density at radius 3 is 2.65 bits per heavy atom. The maximum atomic E-state index is 12.4. The highest BCUT2D eigenvalue weighted by Gasteiger charge is 2.34. The van der Waals surface area contributed by atoms with E-state index in [0.717, 1.165) is 0 Å². The van der Waals surface area contributed by atoms with Crippen molar-refractivity contribution in [3.05, 3.63) is 29.8 Å². The van der Waals surface area contributed by atoms with E-state index in [9.17, 15) is 13.2 Å². The van der Waals surface area contributed by atoms with Crippen LogP contribution in [0.1, 0.15) is 23.7 Å². The van der Waals surface area contributed by atoms with Gasteiger partial charge >= 0.3 is 0 Å². The Balaban J connectivity index is 0.00000200. The summed E-state index contributed by atoms with van der Waals surface area (Å²) in [5.74, 6) is 0.0738. The molecule has 1 unspecified atom stereocenters. The van der Waals surface area contributed by atoms with Crippen LogP contribution >= 0.6 is 12.4 Å². The van der Waals surface area contributed by atoms with E-state index in [4.69, 9.17) is 5.73 Å². The first-order valence-electron chi connectivity index (χ1n) is 6.30. The number of anilines is 1. The van der Waals surface area contributed by atoms with Gasteiger partial charge in [-0.2, -0.15) is 0 Å². The number of hydrogen-bond acceptors (Lipinski definition) is 4. The molecule has 1 amide bonds. The average molecular weight is 319 g/mol. The lowest BCUT2D eigenvalue weighted by Gasteiger charge is -2.27. The molecule has 1 aromatic carbocycles. The van der Waals surface area contributed by atoms with E-state index in [1.165, 1.54) is 0 Å². The van der Waals surface area contributed by atoms with E-state index in [-0.39, 0.29) is 35.9 Å². The van der Waals surface area contributed by atoms with Crippen molar-refractivity contribution in [2.75, 3.05) is 23.8 Å². The summed E-state index contributed by atoms with van der Waals surface area (Å²) in [4.78, 5) is 14.0. The molecule has 5 nitrogen and oxygen atoms in total. The quantitative estimate of drug-likeness (QED) is 0.853. The van der Waals surface area contributed by atoms with Gasteiger partial charge in [0.1, 0.15) is 0 Å². The Morgan fingerprint density at radius 2 is 2.15 bits per heavy atom. The number of carbonyl (C=O) groups is 1. The third-order valence-corrected chi connectivity index (χ3v) is 5.13. The molecule has 0 spiro atoms. The molecule has 2 rings (SSSR count). The van der Waals surface area contributed by atoms with E-state index in [1.807, 2.05) is 6.92 Å². The molecule has 0 aromatic heterocycles. The Kier molecular flexibility index (Phi) is 5.42. The van der Waals surface area contributed by atoms with Gasteiger partial charge in [0.15, 0.2) is 9.84 Å². The molecule has 1 saturated heterocycles. The van der Waals surface area contributed by atoms with E-state index in [0.29, 0.717) is 24.2 Å². The van der Waals surface area contributed by atoms with Crippen molar-refractivity contribution in [2.24, 2.45) is 0 Å². The zero-order valence-corrected chi connectivity index (χ0v) is 12.9. The van der Waals surface area contributed by atoms with Crippen LogP contribution in [0.15, 0.2) is 24.3 Å². The minimum atomic E-state index is -2.99. The van der Waals surface area contributed by atoms with Crippen molar-refractivity contribution in [3.8, 4) is 0 Å². The number of benzene rings is 1. The molecule has 0 aliphatic carbocycles. The SMILES string of the molecule is CCN(C(=O)c1cccc(N)c1)C1CCS(=O)(=O)C1.Cl. The highest BCUT2D eigenvalue weighted by molar-refractivity contribution is 7.91. The first-order valence-corrected chi connectivity index (χ1v) is 8.12. The second-order valence-corrected chi connectivity index (χ2v) is 7.00. The van der Waals surface area contributed by atoms with Gasteiger partial charge in [0.25, 0.3) is 5.91 Å². The first kappa shape index (κ1) is 16.8. The van der Waals surface area contributed by atoms with Crippen LogP contribution in [0.4, 0.5) is 5.69 Å². The van der Waals surface area contributed by atoms with Gasteiger partial charge in [-0.3, -0.25) is 4.79 Å². The molecule has 1 aliphatic heterocycles. The van der Waals surface area contributed by atoms with Crippen LogP contribution in [0, 0.1) is 0 Å². The van der Waals surface area contributed by atoms with Crippen LogP contribution in [0.5, 0.6) is 0 Å². The lowest BCUT2D eigenvalue weighted by atomic mass is 10.1. The minimum Gasteiger partial charge on any atom is -0.399 e. The normalized spacial score (nSPS) is 20.1. The Morgan fingerprint density at radius 1 is 1.45 bits per heavy atom. The highest BCUT2D eigenvalue weighted by Crippen LogP contribution is 2.20. The molecule has 1 atom stereocenters. The van der Waals surface area contributed by atoms with Gasteiger partial charge in [0.2, 0.25) is 0 Å². The fraction of sp³-hybridized carbons (Fsp3) is 0.462. The number of hydrogen-bond donors (Lipinski definition) is 1. The largest absolute Gasteiger partial charge is 0.399 e. The van der Waals surface area contributed by atoms with Crippen LogP contribution in [0.25, 0.3) is 0 Å². The van der Waals surface area contributed by atoms with Gasteiger partial charge < -0.3 is 10.6 Å². The predicted octanol–water partition coefficient (Wildman–Crippen LogP) is 1.34. The molecule has 1 aromatic rings. The van der Waals surface area contributed by atoms with Gasteiger partial charge in [-0.15, -0.1) is 12.4 Å². The predicted molar refractivity (Wildman–Crippen MR) is 81.9 cm³/mol. The third-order valence-electron chi connectivity index (χ3n) is 3.38. The lowest BCUT2D eigenvalue weighted by Crippen LogP contribution is -2.41.